The van der Waals surface area contributed by atoms with E-state index in [1.54, 1.807) is 12.4 Å². The fourth-order valence-corrected chi connectivity index (χ4v) is 1.88. The molecule has 0 aliphatic carbocycles. The number of nitrogens with one attached hydrogen (secondary N) is 1. The highest BCUT2D eigenvalue weighted by Gasteiger charge is 2.00. The molecular weight excluding hydrogens is 428 g/mol. The van der Waals surface area contributed by atoms with Gasteiger partial charge in [-0.25, -0.2) is 0 Å². The van der Waals surface area contributed by atoms with Gasteiger partial charge in [-0.1, -0.05) is 0 Å². The van der Waals surface area contributed by atoms with Crippen molar-refractivity contribution >= 4 is 37.8 Å². The highest BCUT2D eigenvalue weighted by Crippen LogP contribution is 2.07. The number of carbonyl (C=O) groups is 1. The van der Waals surface area contributed by atoms with E-state index >= 15 is 0 Å². The van der Waals surface area contributed by atoms with E-state index in [4.69, 9.17) is 5.73 Å². The van der Waals surface area contributed by atoms with Gasteiger partial charge in [-0.05, 0) is 56.1 Å². The van der Waals surface area contributed by atoms with Crippen LogP contribution in [-0.2, 0) is 22.6 Å². The second kappa shape index (κ2) is 11.2. The topological polar surface area (TPSA) is 90.1 Å². The summed E-state index contributed by atoms with van der Waals surface area (Å²) in [5.74, 6) is -0.141. The molecule has 0 fully saturated rings. The zero-order valence-electron chi connectivity index (χ0n) is 12.6. The standard InChI is InChI=1S/C9H11BrN2O2.C6H7BrN2/c1-14-6-9(13)12-5-8-3-2-7(10)4-11-8;7-5-1-2-6(3-8)9-4-5/h2-4H,5-6H2,1H3,(H,12,13);1-2,4H,3,8H2. The van der Waals surface area contributed by atoms with E-state index in [1.807, 2.05) is 24.3 Å². The summed E-state index contributed by atoms with van der Waals surface area (Å²) in [5.41, 5.74) is 7.05. The number of nitrogens with two attached hydrogens (primary N) is 1. The maximum absolute atomic E-state index is 11.0. The van der Waals surface area contributed by atoms with Crippen molar-refractivity contribution in [1.29, 1.82) is 0 Å². The Bertz CT molecular complexity index is 591. The van der Waals surface area contributed by atoms with Crippen molar-refractivity contribution in [1.82, 2.24) is 15.3 Å². The third-order valence-electron chi connectivity index (χ3n) is 2.53. The Morgan fingerprint density at radius 2 is 1.70 bits per heavy atom. The summed E-state index contributed by atoms with van der Waals surface area (Å²) in [7, 11) is 1.48. The lowest BCUT2D eigenvalue weighted by atomic mass is 10.3. The average Bonchev–Trinajstić information content (AvgIpc) is 2.56. The molecule has 0 radical (unpaired) electrons. The number of amides is 1. The van der Waals surface area contributed by atoms with Crippen LogP contribution in [0, 0.1) is 0 Å². The minimum Gasteiger partial charge on any atom is -0.375 e. The molecule has 0 aliphatic heterocycles. The fourth-order valence-electron chi connectivity index (χ4n) is 1.41. The van der Waals surface area contributed by atoms with Crippen molar-refractivity contribution in [3.63, 3.8) is 0 Å². The number of ether oxygens (including phenoxy) is 1. The van der Waals surface area contributed by atoms with Crippen LogP contribution in [0.15, 0.2) is 45.6 Å². The third kappa shape index (κ3) is 8.75. The van der Waals surface area contributed by atoms with E-state index in [0.717, 1.165) is 20.3 Å². The number of nitrogens with zero attached hydrogens (tertiary/aromatic N) is 2. The highest BCUT2D eigenvalue weighted by atomic mass is 79.9. The second-order valence-corrected chi connectivity index (χ2v) is 6.18. The molecule has 0 aromatic carbocycles. The van der Waals surface area contributed by atoms with E-state index in [1.165, 1.54) is 7.11 Å². The molecule has 8 heteroatoms. The van der Waals surface area contributed by atoms with Crippen LogP contribution >= 0.6 is 31.9 Å². The van der Waals surface area contributed by atoms with E-state index in [0.29, 0.717) is 13.1 Å². The molecule has 2 aromatic rings. The zero-order valence-corrected chi connectivity index (χ0v) is 15.8. The first-order valence-electron chi connectivity index (χ1n) is 6.71. The van der Waals surface area contributed by atoms with Crippen LogP contribution in [0.3, 0.4) is 0 Å². The second-order valence-electron chi connectivity index (χ2n) is 4.35. The lowest BCUT2D eigenvalue weighted by Gasteiger charge is -2.03. The molecule has 0 atom stereocenters. The predicted molar refractivity (Wildman–Crippen MR) is 95.5 cm³/mol. The summed E-state index contributed by atoms with van der Waals surface area (Å²) < 4.78 is 6.58. The van der Waals surface area contributed by atoms with Crippen LogP contribution in [0.2, 0.25) is 0 Å². The molecule has 2 heterocycles. The quantitative estimate of drug-likeness (QED) is 0.737. The van der Waals surface area contributed by atoms with E-state index in [9.17, 15) is 4.79 Å². The molecule has 0 unspecified atom stereocenters. The Morgan fingerprint density at radius 1 is 1.13 bits per heavy atom. The highest BCUT2D eigenvalue weighted by molar-refractivity contribution is 9.10. The molecule has 0 saturated heterocycles. The minimum atomic E-state index is -0.141. The molecule has 2 aromatic heterocycles. The minimum absolute atomic E-state index is 0.0799. The first kappa shape index (κ1) is 19.7. The van der Waals surface area contributed by atoms with E-state index < -0.39 is 0 Å². The number of hydrogen-bond acceptors (Lipinski definition) is 5. The number of hydrogen-bond donors (Lipinski definition) is 2. The number of halogens is 2. The SMILES string of the molecule is COCC(=O)NCc1ccc(Br)cn1.NCc1ccc(Br)cn1. The zero-order chi connectivity index (χ0) is 17.1. The van der Waals surface area contributed by atoms with Crippen molar-refractivity contribution in [2.24, 2.45) is 5.73 Å². The Hall–Kier alpha value is -1.35. The van der Waals surface area contributed by atoms with Gasteiger partial charge in [0, 0.05) is 35.0 Å². The van der Waals surface area contributed by atoms with Gasteiger partial charge in [-0.3, -0.25) is 14.8 Å². The first-order valence-corrected chi connectivity index (χ1v) is 8.30. The van der Waals surface area contributed by atoms with Gasteiger partial charge in [-0.15, -0.1) is 0 Å². The van der Waals surface area contributed by atoms with Gasteiger partial charge in [0.2, 0.25) is 5.91 Å². The van der Waals surface area contributed by atoms with E-state index in [2.05, 4.69) is 51.9 Å². The lowest BCUT2D eigenvalue weighted by molar-refractivity contribution is -0.124. The monoisotopic (exact) mass is 444 g/mol. The van der Waals surface area contributed by atoms with Crippen molar-refractivity contribution < 1.29 is 9.53 Å². The van der Waals surface area contributed by atoms with Crippen LogP contribution in [0.25, 0.3) is 0 Å². The Labute approximate surface area is 152 Å². The van der Waals surface area contributed by atoms with Crippen LogP contribution < -0.4 is 11.1 Å². The van der Waals surface area contributed by atoms with Crippen LogP contribution in [0.1, 0.15) is 11.4 Å². The van der Waals surface area contributed by atoms with Crippen molar-refractivity contribution in [3.05, 3.63) is 57.0 Å². The van der Waals surface area contributed by atoms with Crippen LogP contribution in [0.4, 0.5) is 0 Å². The summed E-state index contributed by atoms with van der Waals surface area (Å²) in [5, 5.41) is 2.68. The van der Waals surface area contributed by atoms with Crippen molar-refractivity contribution in [2.45, 2.75) is 13.1 Å². The van der Waals surface area contributed by atoms with Gasteiger partial charge in [-0.2, -0.15) is 0 Å². The van der Waals surface area contributed by atoms with Gasteiger partial charge in [0.15, 0.2) is 0 Å². The van der Waals surface area contributed by atoms with Crippen molar-refractivity contribution in [3.8, 4) is 0 Å². The molecule has 0 bridgehead atoms. The smallest absolute Gasteiger partial charge is 0.246 e. The van der Waals surface area contributed by atoms with Gasteiger partial charge in [0.25, 0.3) is 0 Å². The first-order chi connectivity index (χ1) is 11.0. The lowest BCUT2D eigenvalue weighted by Crippen LogP contribution is -2.26. The molecule has 6 nitrogen and oxygen atoms in total. The van der Waals surface area contributed by atoms with Crippen LogP contribution in [0.5, 0.6) is 0 Å². The van der Waals surface area contributed by atoms with Gasteiger partial charge in [0.1, 0.15) is 6.61 Å². The molecule has 0 aliphatic rings. The normalized spacial score (nSPS) is 9.74. The van der Waals surface area contributed by atoms with Crippen molar-refractivity contribution in [2.75, 3.05) is 13.7 Å². The largest absolute Gasteiger partial charge is 0.375 e. The average molecular weight is 446 g/mol. The fraction of sp³-hybridized carbons (Fsp3) is 0.267. The van der Waals surface area contributed by atoms with Gasteiger partial charge in [0.05, 0.1) is 17.9 Å². The third-order valence-corrected chi connectivity index (χ3v) is 3.47. The molecule has 0 spiro atoms. The Kier molecular flexibility index (Phi) is 9.61. The van der Waals surface area contributed by atoms with Gasteiger partial charge >= 0.3 is 0 Å². The molecule has 1 amide bonds. The molecule has 3 N–H and O–H groups in total. The number of rotatable bonds is 5. The molecule has 124 valence electrons. The van der Waals surface area contributed by atoms with Gasteiger partial charge < -0.3 is 15.8 Å². The summed E-state index contributed by atoms with van der Waals surface area (Å²) in [4.78, 5) is 19.1. The number of pyridine rings is 2. The molecule has 0 saturated carbocycles. The summed E-state index contributed by atoms with van der Waals surface area (Å²) in [6, 6.07) is 7.54. The molecule has 23 heavy (non-hydrogen) atoms. The van der Waals surface area contributed by atoms with E-state index in [-0.39, 0.29) is 12.5 Å². The number of aromatic nitrogens is 2. The Balaban J connectivity index is 0.000000253. The number of methoxy groups -OCH3 is 1. The van der Waals surface area contributed by atoms with Crippen LogP contribution in [-0.4, -0.2) is 29.6 Å². The summed E-state index contributed by atoms with van der Waals surface area (Å²) in [6.07, 6.45) is 3.43. The number of carbonyl (C=O) groups excluding carboxylic acids is 1. The predicted octanol–water partition coefficient (Wildman–Crippen LogP) is 2.41. The molecule has 2 rings (SSSR count). The maximum atomic E-state index is 11.0. The Morgan fingerprint density at radius 3 is 2.13 bits per heavy atom. The summed E-state index contributed by atoms with van der Waals surface area (Å²) in [6.45, 7) is 1.01. The maximum Gasteiger partial charge on any atom is 0.246 e. The summed E-state index contributed by atoms with van der Waals surface area (Å²) >= 11 is 6.55. The molecular formula is C15H18Br2N4O2.